The normalized spacial score (nSPS) is 25.8. The zero-order chi connectivity index (χ0) is 14.1. The van der Waals surface area contributed by atoms with Gasteiger partial charge in [0.25, 0.3) is 0 Å². The molecule has 2 aliphatic carbocycles. The Morgan fingerprint density at radius 1 is 1.45 bits per heavy atom. The van der Waals surface area contributed by atoms with E-state index in [1.54, 1.807) is 17.8 Å². The van der Waals surface area contributed by atoms with Crippen molar-refractivity contribution in [2.75, 3.05) is 13.6 Å². The number of ketones is 1. The van der Waals surface area contributed by atoms with Crippen LogP contribution in [0.4, 0.5) is 0 Å². The number of amides is 1. The molecule has 1 atom stereocenters. The number of thioether (sulfide) groups is 1. The van der Waals surface area contributed by atoms with E-state index in [0.29, 0.717) is 11.8 Å². The Morgan fingerprint density at radius 2 is 2.25 bits per heavy atom. The summed E-state index contributed by atoms with van der Waals surface area (Å²) in [6.45, 7) is 0.718. The fourth-order valence-electron chi connectivity index (χ4n) is 2.77. The molecule has 1 N–H and O–H groups in total. The minimum atomic E-state index is 0.184. The van der Waals surface area contributed by atoms with Crippen LogP contribution in [0.2, 0.25) is 0 Å². The van der Waals surface area contributed by atoms with Crippen molar-refractivity contribution in [3.63, 3.8) is 0 Å². The van der Waals surface area contributed by atoms with Crippen LogP contribution in [0.15, 0.2) is 22.8 Å². The van der Waals surface area contributed by atoms with Gasteiger partial charge in [0.05, 0.1) is 5.37 Å². The molecule has 1 saturated carbocycles. The second kappa shape index (κ2) is 5.64. The van der Waals surface area contributed by atoms with Crippen molar-refractivity contribution >= 4 is 23.5 Å². The number of nitrogens with one attached hydrogen (secondary N) is 1. The van der Waals surface area contributed by atoms with E-state index >= 15 is 0 Å². The van der Waals surface area contributed by atoms with E-state index in [0.717, 1.165) is 25.8 Å². The zero-order valence-corrected chi connectivity index (χ0v) is 12.5. The molecule has 1 fully saturated rings. The standard InChI is InChI=1S/C15H20N2O2S/c1-17-12-6-5-11(18)9-13(12)20-14(17)7-8-16-15(19)10-3-2-4-10/h5-6,10,14H,2-4,7-9H2,1H3,(H,16,19). The first-order valence-corrected chi connectivity index (χ1v) is 8.14. The fraction of sp³-hybridized carbons (Fsp3) is 0.600. The van der Waals surface area contributed by atoms with Crippen molar-refractivity contribution in [3.8, 4) is 0 Å². The Labute approximate surface area is 123 Å². The van der Waals surface area contributed by atoms with Gasteiger partial charge >= 0.3 is 0 Å². The van der Waals surface area contributed by atoms with Crippen LogP contribution < -0.4 is 5.32 Å². The highest BCUT2D eigenvalue weighted by Crippen LogP contribution is 2.42. The van der Waals surface area contributed by atoms with Crippen LogP contribution in [0.1, 0.15) is 32.1 Å². The Kier molecular flexibility index (Phi) is 3.87. The minimum Gasteiger partial charge on any atom is -0.362 e. The van der Waals surface area contributed by atoms with E-state index in [4.69, 9.17) is 0 Å². The maximum atomic E-state index is 11.8. The number of nitrogens with zero attached hydrogens (tertiary/aromatic N) is 1. The van der Waals surface area contributed by atoms with E-state index < -0.39 is 0 Å². The number of allylic oxidation sites excluding steroid dienone is 3. The minimum absolute atomic E-state index is 0.184. The molecular formula is C15H20N2O2S. The SMILES string of the molecule is CN1C2=C(CC(=O)C=C2)SC1CCNC(=O)C1CCC1. The summed E-state index contributed by atoms with van der Waals surface area (Å²) < 4.78 is 0. The summed E-state index contributed by atoms with van der Waals surface area (Å²) in [5.74, 6) is 0.661. The van der Waals surface area contributed by atoms with E-state index in [-0.39, 0.29) is 17.6 Å². The highest BCUT2D eigenvalue weighted by molar-refractivity contribution is 8.03. The molecule has 1 aliphatic heterocycles. The third kappa shape index (κ3) is 2.64. The first-order chi connectivity index (χ1) is 9.65. The molecule has 1 unspecified atom stereocenters. The van der Waals surface area contributed by atoms with E-state index in [1.165, 1.54) is 17.0 Å². The second-order valence-corrected chi connectivity index (χ2v) is 6.95. The average molecular weight is 292 g/mol. The van der Waals surface area contributed by atoms with Crippen molar-refractivity contribution in [1.29, 1.82) is 0 Å². The molecule has 3 rings (SSSR count). The number of likely N-dealkylation sites (N-methyl/N-ethyl adjacent to an activating group) is 1. The molecule has 0 aromatic heterocycles. The molecule has 0 aromatic rings. The van der Waals surface area contributed by atoms with Gasteiger partial charge in [-0.05, 0) is 31.4 Å². The number of rotatable bonds is 4. The summed E-state index contributed by atoms with van der Waals surface area (Å²) >= 11 is 1.77. The maximum Gasteiger partial charge on any atom is 0.223 e. The first-order valence-electron chi connectivity index (χ1n) is 7.26. The van der Waals surface area contributed by atoms with Gasteiger partial charge in [0.15, 0.2) is 5.78 Å². The lowest BCUT2D eigenvalue weighted by Crippen LogP contribution is -2.37. The van der Waals surface area contributed by atoms with Gasteiger partial charge in [-0.15, -0.1) is 11.8 Å². The third-order valence-electron chi connectivity index (χ3n) is 4.30. The van der Waals surface area contributed by atoms with Crippen molar-refractivity contribution in [2.24, 2.45) is 5.92 Å². The van der Waals surface area contributed by atoms with Crippen molar-refractivity contribution in [1.82, 2.24) is 10.2 Å². The summed E-state index contributed by atoms with van der Waals surface area (Å²) in [6, 6.07) is 0. The van der Waals surface area contributed by atoms with Gasteiger partial charge in [0, 0.05) is 36.5 Å². The number of carbonyl (C=O) groups excluding carboxylic acids is 2. The second-order valence-electron chi connectivity index (χ2n) is 5.68. The van der Waals surface area contributed by atoms with E-state index in [1.807, 2.05) is 6.08 Å². The van der Waals surface area contributed by atoms with Crippen LogP contribution >= 0.6 is 11.8 Å². The molecule has 0 aromatic carbocycles. The summed E-state index contributed by atoms with van der Waals surface area (Å²) in [7, 11) is 2.06. The Bertz CT molecular complexity index is 494. The van der Waals surface area contributed by atoms with Gasteiger partial charge in [0.1, 0.15) is 0 Å². The predicted molar refractivity (Wildman–Crippen MR) is 79.9 cm³/mol. The molecular weight excluding hydrogens is 272 g/mol. The molecule has 5 heteroatoms. The van der Waals surface area contributed by atoms with Crippen LogP contribution in [0.5, 0.6) is 0 Å². The molecule has 20 heavy (non-hydrogen) atoms. The fourth-order valence-corrected chi connectivity index (χ4v) is 4.17. The summed E-state index contributed by atoms with van der Waals surface area (Å²) in [5, 5.41) is 3.37. The topological polar surface area (TPSA) is 49.4 Å². The Morgan fingerprint density at radius 3 is 2.95 bits per heavy atom. The van der Waals surface area contributed by atoms with Gasteiger partial charge in [-0.25, -0.2) is 0 Å². The number of hydrogen-bond acceptors (Lipinski definition) is 4. The maximum absolute atomic E-state index is 11.8. The molecule has 3 aliphatic rings. The van der Waals surface area contributed by atoms with Crippen LogP contribution in [-0.4, -0.2) is 35.6 Å². The first kappa shape index (κ1) is 13.7. The van der Waals surface area contributed by atoms with Crippen LogP contribution in [0.3, 0.4) is 0 Å². The Hall–Kier alpha value is -1.23. The lowest BCUT2D eigenvalue weighted by molar-refractivity contribution is -0.127. The molecule has 0 spiro atoms. The number of carbonyl (C=O) groups is 2. The molecule has 0 radical (unpaired) electrons. The number of hydrogen-bond donors (Lipinski definition) is 1. The summed E-state index contributed by atoms with van der Waals surface area (Å²) in [6.07, 6.45) is 8.31. The van der Waals surface area contributed by atoms with E-state index in [2.05, 4.69) is 17.3 Å². The average Bonchev–Trinajstić information content (AvgIpc) is 2.63. The van der Waals surface area contributed by atoms with Gasteiger partial charge in [0.2, 0.25) is 5.91 Å². The monoisotopic (exact) mass is 292 g/mol. The van der Waals surface area contributed by atoms with Crippen LogP contribution in [-0.2, 0) is 9.59 Å². The van der Waals surface area contributed by atoms with Crippen LogP contribution in [0, 0.1) is 5.92 Å². The van der Waals surface area contributed by atoms with Crippen LogP contribution in [0.25, 0.3) is 0 Å². The summed E-state index contributed by atoms with van der Waals surface area (Å²) in [4.78, 5) is 26.6. The Balaban J connectivity index is 1.47. The molecule has 108 valence electrons. The molecule has 1 amide bonds. The van der Waals surface area contributed by atoms with Gasteiger partial charge < -0.3 is 10.2 Å². The van der Waals surface area contributed by atoms with Gasteiger partial charge in [-0.3, -0.25) is 9.59 Å². The quantitative estimate of drug-likeness (QED) is 0.861. The van der Waals surface area contributed by atoms with Crippen molar-refractivity contribution < 1.29 is 9.59 Å². The third-order valence-corrected chi connectivity index (χ3v) is 5.77. The summed E-state index contributed by atoms with van der Waals surface area (Å²) in [5.41, 5.74) is 1.17. The van der Waals surface area contributed by atoms with Gasteiger partial charge in [-0.2, -0.15) is 0 Å². The highest BCUT2D eigenvalue weighted by atomic mass is 32.2. The lowest BCUT2D eigenvalue weighted by Gasteiger charge is -2.26. The lowest BCUT2D eigenvalue weighted by atomic mass is 9.85. The molecule has 4 nitrogen and oxygen atoms in total. The highest BCUT2D eigenvalue weighted by Gasteiger charge is 2.31. The predicted octanol–water partition coefficient (Wildman–Crippen LogP) is 2.04. The smallest absolute Gasteiger partial charge is 0.223 e. The van der Waals surface area contributed by atoms with E-state index in [9.17, 15) is 9.59 Å². The van der Waals surface area contributed by atoms with Crippen molar-refractivity contribution in [2.45, 2.75) is 37.5 Å². The van der Waals surface area contributed by atoms with Gasteiger partial charge in [-0.1, -0.05) is 6.42 Å². The molecule has 0 bridgehead atoms. The molecule has 1 heterocycles. The molecule has 0 saturated heterocycles. The zero-order valence-electron chi connectivity index (χ0n) is 11.7. The van der Waals surface area contributed by atoms with Crippen molar-refractivity contribution in [3.05, 3.63) is 22.8 Å². The largest absolute Gasteiger partial charge is 0.362 e.